The zero-order valence-corrected chi connectivity index (χ0v) is 15.5. The van der Waals surface area contributed by atoms with Gasteiger partial charge in [0.05, 0.1) is 17.3 Å². The number of hydrogen-bond donors (Lipinski definition) is 2. The van der Waals surface area contributed by atoms with Crippen LogP contribution in [-0.4, -0.2) is 16.7 Å². The molecule has 2 aromatic carbocycles. The first-order valence-corrected chi connectivity index (χ1v) is 8.72. The molecule has 0 saturated carbocycles. The van der Waals surface area contributed by atoms with Crippen LogP contribution in [0.2, 0.25) is 5.02 Å². The van der Waals surface area contributed by atoms with Crippen molar-refractivity contribution in [3.05, 3.63) is 93.8 Å². The summed E-state index contributed by atoms with van der Waals surface area (Å²) in [6, 6.07) is 15.3. The lowest BCUT2D eigenvalue weighted by Gasteiger charge is -2.10. The van der Waals surface area contributed by atoms with Crippen LogP contribution in [0.1, 0.15) is 37.5 Å². The molecule has 0 fully saturated rings. The predicted octanol–water partition coefficient (Wildman–Crippen LogP) is 3.79. The Morgan fingerprint density at radius 3 is 2.59 bits per heavy atom. The largest absolute Gasteiger partial charge is 0.399 e. The quantitative estimate of drug-likeness (QED) is 0.521. The Kier molecular flexibility index (Phi) is 5.52. The number of nitrogen functional groups attached to an aromatic ring is 1. The Balaban J connectivity index is 1.83. The zero-order chi connectivity index (χ0) is 19.4. The molecular formula is C21H18ClN3O2. The number of halogens is 1. The highest BCUT2D eigenvalue weighted by atomic mass is 35.5. The Hall–Kier alpha value is -3.18. The summed E-state index contributed by atoms with van der Waals surface area (Å²) in [6.45, 7) is 2.12. The van der Waals surface area contributed by atoms with Gasteiger partial charge in [0.25, 0.3) is 5.91 Å². The van der Waals surface area contributed by atoms with E-state index >= 15 is 0 Å². The Morgan fingerprint density at radius 1 is 1.07 bits per heavy atom. The van der Waals surface area contributed by atoms with E-state index in [4.69, 9.17) is 17.3 Å². The highest BCUT2D eigenvalue weighted by Crippen LogP contribution is 2.24. The molecule has 0 aliphatic carbocycles. The lowest BCUT2D eigenvalue weighted by Crippen LogP contribution is -2.23. The molecular weight excluding hydrogens is 362 g/mol. The molecule has 27 heavy (non-hydrogen) atoms. The van der Waals surface area contributed by atoms with E-state index in [-0.39, 0.29) is 16.7 Å². The molecule has 3 N–H and O–H groups in total. The number of amides is 1. The number of rotatable bonds is 5. The van der Waals surface area contributed by atoms with E-state index in [0.29, 0.717) is 28.9 Å². The van der Waals surface area contributed by atoms with Crippen LogP contribution < -0.4 is 11.1 Å². The van der Waals surface area contributed by atoms with Gasteiger partial charge in [-0.1, -0.05) is 23.7 Å². The molecule has 0 saturated heterocycles. The molecule has 1 heterocycles. The van der Waals surface area contributed by atoms with Crippen molar-refractivity contribution in [3.8, 4) is 0 Å². The van der Waals surface area contributed by atoms with Crippen molar-refractivity contribution in [3.63, 3.8) is 0 Å². The second kappa shape index (κ2) is 8.01. The molecule has 0 radical (unpaired) electrons. The van der Waals surface area contributed by atoms with Crippen LogP contribution in [0.4, 0.5) is 5.69 Å². The lowest BCUT2D eigenvalue weighted by molar-refractivity contribution is 0.0950. The van der Waals surface area contributed by atoms with E-state index in [9.17, 15) is 9.59 Å². The summed E-state index contributed by atoms with van der Waals surface area (Å²) in [7, 11) is 0. The van der Waals surface area contributed by atoms with E-state index in [0.717, 1.165) is 11.3 Å². The van der Waals surface area contributed by atoms with Crippen molar-refractivity contribution in [1.29, 1.82) is 0 Å². The van der Waals surface area contributed by atoms with Gasteiger partial charge in [0.2, 0.25) is 0 Å². The minimum absolute atomic E-state index is 0.253. The van der Waals surface area contributed by atoms with Gasteiger partial charge in [-0.05, 0) is 55.0 Å². The topological polar surface area (TPSA) is 85.1 Å². The summed E-state index contributed by atoms with van der Waals surface area (Å²) in [4.78, 5) is 29.5. The Morgan fingerprint density at radius 2 is 1.89 bits per heavy atom. The maximum Gasteiger partial charge on any atom is 0.251 e. The molecule has 136 valence electrons. The van der Waals surface area contributed by atoms with E-state index in [1.54, 1.807) is 36.5 Å². The van der Waals surface area contributed by atoms with E-state index in [1.165, 1.54) is 6.07 Å². The van der Waals surface area contributed by atoms with Gasteiger partial charge in [-0.15, -0.1) is 0 Å². The third-order valence-corrected chi connectivity index (χ3v) is 4.45. The maximum atomic E-state index is 12.9. The number of hydrogen-bond acceptors (Lipinski definition) is 4. The second-order valence-electron chi connectivity index (χ2n) is 6.10. The van der Waals surface area contributed by atoms with Crippen molar-refractivity contribution in [2.24, 2.45) is 0 Å². The Bertz CT molecular complexity index is 1000. The second-order valence-corrected chi connectivity index (χ2v) is 6.51. The van der Waals surface area contributed by atoms with Crippen LogP contribution in [0.15, 0.2) is 60.8 Å². The number of aromatic nitrogens is 1. The minimum Gasteiger partial charge on any atom is -0.399 e. The van der Waals surface area contributed by atoms with Gasteiger partial charge < -0.3 is 11.1 Å². The number of carbonyl (C=O) groups is 2. The standard InChI is InChI=1S/C21H18ClN3O2/c1-13-5-6-14(21(27)25-12-16-4-2-3-9-24-16)10-18(13)20(26)17-8-7-15(23)11-19(17)22/h2-11H,12,23H2,1H3,(H,25,27). The zero-order valence-electron chi connectivity index (χ0n) is 14.7. The molecule has 0 bridgehead atoms. The van der Waals surface area contributed by atoms with Crippen LogP contribution in [0.5, 0.6) is 0 Å². The van der Waals surface area contributed by atoms with Gasteiger partial charge in [0.1, 0.15) is 0 Å². The van der Waals surface area contributed by atoms with E-state index in [1.807, 2.05) is 25.1 Å². The fourth-order valence-corrected chi connectivity index (χ4v) is 2.92. The maximum absolute atomic E-state index is 12.9. The van der Waals surface area contributed by atoms with E-state index in [2.05, 4.69) is 10.3 Å². The number of nitrogens with one attached hydrogen (secondary N) is 1. The first kappa shape index (κ1) is 18.6. The van der Waals surface area contributed by atoms with Crippen molar-refractivity contribution < 1.29 is 9.59 Å². The number of anilines is 1. The normalized spacial score (nSPS) is 10.4. The van der Waals surface area contributed by atoms with Crippen LogP contribution in [-0.2, 0) is 6.54 Å². The number of carbonyl (C=O) groups excluding carboxylic acids is 2. The highest BCUT2D eigenvalue weighted by Gasteiger charge is 2.17. The van der Waals surface area contributed by atoms with Crippen molar-refractivity contribution in [2.75, 3.05) is 5.73 Å². The van der Waals surface area contributed by atoms with Gasteiger partial charge in [0.15, 0.2) is 5.78 Å². The molecule has 6 heteroatoms. The molecule has 0 aliphatic rings. The fraction of sp³-hybridized carbons (Fsp3) is 0.0952. The third-order valence-electron chi connectivity index (χ3n) is 4.14. The third kappa shape index (κ3) is 4.33. The number of aryl methyl sites for hydroxylation is 1. The summed E-state index contributed by atoms with van der Waals surface area (Å²) in [6.07, 6.45) is 1.67. The molecule has 3 aromatic rings. The van der Waals surface area contributed by atoms with Crippen LogP contribution in [0, 0.1) is 6.92 Å². The van der Waals surface area contributed by atoms with E-state index < -0.39 is 0 Å². The number of nitrogens with zero attached hydrogens (tertiary/aromatic N) is 1. The van der Waals surface area contributed by atoms with Gasteiger partial charge in [0, 0.05) is 28.6 Å². The fourth-order valence-electron chi connectivity index (χ4n) is 2.64. The molecule has 1 aromatic heterocycles. The van der Waals surface area contributed by atoms with Gasteiger partial charge >= 0.3 is 0 Å². The first-order valence-electron chi connectivity index (χ1n) is 8.34. The molecule has 5 nitrogen and oxygen atoms in total. The number of benzene rings is 2. The Labute approximate surface area is 162 Å². The summed E-state index contributed by atoms with van der Waals surface area (Å²) in [5, 5.41) is 3.09. The molecule has 0 atom stereocenters. The predicted molar refractivity (Wildman–Crippen MR) is 106 cm³/mol. The smallest absolute Gasteiger partial charge is 0.251 e. The van der Waals surface area contributed by atoms with Gasteiger partial charge in [-0.25, -0.2) is 0 Å². The van der Waals surface area contributed by atoms with Crippen molar-refractivity contribution in [2.45, 2.75) is 13.5 Å². The summed E-state index contributed by atoms with van der Waals surface area (Å²) in [5.41, 5.74) is 8.85. The van der Waals surface area contributed by atoms with Crippen molar-refractivity contribution >= 4 is 29.0 Å². The lowest BCUT2D eigenvalue weighted by atomic mass is 9.96. The summed E-state index contributed by atoms with van der Waals surface area (Å²) in [5.74, 6) is -0.532. The molecule has 0 aliphatic heterocycles. The average Bonchev–Trinajstić information content (AvgIpc) is 2.67. The van der Waals surface area contributed by atoms with Crippen LogP contribution in [0.3, 0.4) is 0 Å². The van der Waals surface area contributed by atoms with Crippen LogP contribution >= 0.6 is 11.6 Å². The molecule has 0 unspecified atom stereocenters. The minimum atomic E-state index is -0.280. The number of nitrogens with two attached hydrogens (primary N) is 1. The van der Waals surface area contributed by atoms with Crippen LogP contribution in [0.25, 0.3) is 0 Å². The molecule has 1 amide bonds. The van der Waals surface area contributed by atoms with Gasteiger partial charge in [-0.3, -0.25) is 14.6 Å². The molecule has 0 spiro atoms. The number of pyridine rings is 1. The van der Waals surface area contributed by atoms with Crippen molar-refractivity contribution in [1.82, 2.24) is 10.3 Å². The molecule has 3 rings (SSSR count). The average molecular weight is 380 g/mol. The monoisotopic (exact) mass is 379 g/mol. The first-order chi connectivity index (χ1) is 13.0. The highest BCUT2D eigenvalue weighted by molar-refractivity contribution is 6.35. The summed E-state index contributed by atoms with van der Waals surface area (Å²) >= 11 is 6.16. The van der Waals surface area contributed by atoms with Gasteiger partial charge in [-0.2, -0.15) is 0 Å². The SMILES string of the molecule is Cc1ccc(C(=O)NCc2ccccn2)cc1C(=O)c1ccc(N)cc1Cl. The number of ketones is 1. The summed E-state index contributed by atoms with van der Waals surface area (Å²) < 4.78 is 0.